The number of hydrogen-bond acceptors (Lipinski definition) is 2. The van der Waals surface area contributed by atoms with Gasteiger partial charge in [0.1, 0.15) is 11.6 Å². The molecule has 3 aromatic rings. The molecular weight excluding hydrogens is 377 g/mol. The lowest BCUT2D eigenvalue weighted by molar-refractivity contribution is -0.141. The van der Waals surface area contributed by atoms with Crippen LogP contribution in [0.5, 0.6) is 0 Å². The molecule has 1 aliphatic rings. The number of carbonyl (C=O) groups excluding carboxylic acids is 1. The van der Waals surface area contributed by atoms with Crippen LogP contribution < -0.4 is 0 Å². The van der Waals surface area contributed by atoms with E-state index in [0.29, 0.717) is 19.5 Å². The Morgan fingerprint density at radius 3 is 2.57 bits per heavy atom. The summed E-state index contributed by atoms with van der Waals surface area (Å²) in [7, 11) is 0. The van der Waals surface area contributed by atoms with Crippen LogP contribution in [-0.4, -0.2) is 33.4 Å². The molecule has 30 heavy (non-hydrogen) atoms. The van der Waals surface area contributed by atoms with Crippen molar-refractivity contribution < 1.29 is 9.18 Å². The molecule has 2 aromatic carbocycles. The molecule has 0 atom stereocenters. The summed E-state index contributed by atoms with van der Waals surface area (Å²) in [5, 5.41) is 0. The van der Waals surface area contributed by atoms with Crippen molar-refractivity contribution in [3.05, 3.63) is 67.0 Å². The van der Waals surface area contributed by atoms with E-state index in [4.69, 9.17) is 4.98 Å². The summed E-state index contributed by atoms with van der Waals surface area (Å²) in [5.41, 5.74) is 2.18. The molecule has 4 nitrogen and oxygen atoms in total. The van der Waals surface area contributed by atoms with Crippen molar-refractivity contribution in [3.8, 4) is 11.4 Å². The van der Waals surface area contributed by atoms with Crippen molar-refractivity contribution in [1.82, 2.24) is 14.5 Å². The predicted molar refractivity (Wildman–Crippen MR) is 119 cm³/mol. The van der Waals surface area contributed by atoms with Crippen LogP contribution in [0.1, 0.15) is 39.2 Å². The predicted octanol–water partition coefficient (Wildman–Crippen LogP) is 5.61. The van der Waals surface area contributed by atoms with Crippen molar-refractivity contribution in [2.45, 2.75) is 39.2 Å². The molecule has 1 amide bonds. The molecule has 1 aliphatic heterocycles. The standard InChI is InChI=1S/C25H28FN3O/c1-4-14-25(2,3)24(30)28-15-12-20(13-16-28)29-22-17-19(26)10-11-21(22)27-23(29)18-8-6-5-7-9-18/h4-11,17,20H,1,12-16H2,2-3H3. The lowest BCUT2D eigenvalue weighted by atomic mass is 9.86. The van der Waals surface area contributed by atoms with Crippen molar-refractivity contribution in [2.75, 3.05) is 13.1 Å². The van der Waals surface area contributed by atoms with Gasteiger partial charge in [-0.25, -0.2) is 9.37 Å². The number of hydrogen-bond donors (Lipinski definition) is 0. The summed E-state index contributed by atoms with van der Waals surface area (Å²) in [4.78, 5) is 19.7. The van der Waals surface area contributed by atoms with Crippen LogP contribution in [0.2, 0.25) is 0 Å². The minimum absolute atomic E-state index is 0.165. The molecule has 1 fully saturated rings. The molecule has 0 radical (unpaired) electrons. The summed E-state index contributed by atoms with van der Waals surface area (Å²) in [5.74, 6) is 0.765. The van der Waals surface area contributed by atoms with Gasteiger partial charge in [0.05, 0.1) is 11.0 Å². The number of benzene rings is 2. The van der Waals surface area contributed by atoms with E-state index in [-0.39, 0.29) is 17.8 Å². The van der Waals surface area contributed by atoms with Crippen molar-refractivity contribution in [1.29, 1.82) is 0 Å². The van der Waals surface area contributed by atoms with E-state index in [0.717, 1.165) is 35.3 Å². The molecule has 1 aromatic heterocycles. The maximum Gasteiger partial charge on any atom is 0.228 e. The van der Waals surface area contributed by atoms with Crippen LogP contribution in [0, 0.1) is 11.2 Å². The molecule has 0 bridgehead atoms. The third kappa shape index (κ3) is 3.76. The number of aromatic nitrogens is 2. The molecule has 4 rings (SSSR count). The summed E-state index contributed by atoms with van der Waals surface area (Å²) in [6, 6.07) is 14.9. The molecular formula is C25H28FN3O. The van der Waals surface area contributed by atoms with E-state index in [1.807, 2.05) is 55.2 Å². The Labute approximate surface area is 177 Å². The van der Waals surface area contributed by atoms with Gasteiger partial charge in [-0.2, -0.15) is 0 Å². The van der Waals surface area contributed by atoms with Crippen LogP contribution in [-0.2, 0) is 4.79 Å². The van der Waals surface area contributed by atoms with Gasteiger partial charge in [-0.15, -0.1) is 6.58 Å². The SMILES string of the molecule is C=CCC(C)(C)C(=O)N1CCC(n2c(-c3ccccc3)nc3ccc(F)cc32)CC1. The van der Waals surface area contributed by atoms with Crippen molar-refractivity contribution in [3.63, 3.8) is 0 Å². The number of amides is 1. The van der Waals surface area contributed by atoms with Gasteiger partial charge >= 0.3 is 0 Å². The molecule has 0 aliphatic carbocycles. The zero-order chi connectivity index (χ0) is 21.3. The normalized spacial score (nSPS) is 15.5. The number of allylic oxidation sites excluding steroid dienone is 1. The fraction of sp³-hybridized carbons (Fsp3) is 0.360. The van der Waals surface area contributed by atoms with Gasteiger partial charge in [-0.3, -0.25) is 4.79 Å². The Morgan fingerprint density at radius 1 is 1.20 bits per heavy atom. The Morgan fingerprint density at radius 2 is 1.90 bits per heavy atom. The van der Waals surface area contributed by atoms with E-state index in [2.05, 4.69) is 11.1 Å². The average molecular weight is 406 g/mol. The summed E-state index contributed by atoms with van der Waals surface area (Å²) in [6.45, 7) is 9.11. The Kier molecular flexibility index (Phi) is 5.46. The molecule has 0 N–H and O–H groups in total. The number of fused-ring (bicyclic) bond motifs is 1. The number of likely N-dealkylation sites (tertiary alicyclic amines) is 1. The van der Waals surface area contributed by atoms with Crippen LogP contribution in [0.15, 0.2) is 61.2 Å². The highest BCUT2D eigenvalue weighted by atomic mass is 19.1. The van der Waals surface area contributed by atoms with Crippen molar-refractivity contribution in [2.24, 2.45) is 5.41 Å². The van der Waals surface area contributed by atoms with E-state index in [1.165, 1.54) is 6.07 Å². The van der Waals surface area contributed by atoms with Crippen LogP contribution in [0.25, 0.3) is 22.4 Å². The van der Waals surface area contributed by atoms with Gasteiger partial charge in [0.25, 0.3) is 0 Å². The lowest BCUT2D eigenvalue weighted by Gasteiger charge is -2.37. The van der Waals surface area contributed by atoms with Crippen LogP contribution >= 0.6 is 0 Å². The molecule has 1 saturated heterocycles. The largest absolute Gasteiger partial charge is 0.342 e. The summed E-state index contributed by atoms with van der Waals surface area (Å²) in [6.07, 6.45) is 4.10. The first-order chi connectivity index (χ1) is 14.4. The molecule has 2 heterocycles. The highest BCUT2D eigenvalue weighted by Gasteiger charge is 2.34. The summed E-state index contributed by atoms with van der Waals surface area (Å²) >= 11 is 0. The first-order valence-electron chi connectivity index (χ1n) is 10.5. The second kappa shape index (κ2) is 8.05. The number of piperidine rings is 1. The second-order valence-electron chi connectivity index (χ2n) is 8.70. The summed E-state index contributed by atoms with van der Waals surface area (Å²) < 4.78 is 16.2. The van der Waals surface area contributed by atoms with E-state index in [1.54, 1.807) is 12.1 Å². The minimum Gasteiger partial charge on any atom is -0.342 e. The smallest absolute Gasteiger partial charge is 0.228 e. The number of halogens is 1. The molecule has 5 heteroatoms. The first kappa shape index (κ1) is 20.3. The van der Waals surface area contributed by atoms with Crippen molar-refractivity contribution >= 4 is 16.9 Å². The molecule has 0 unspecified atom stereocenters. The van der Waals surface area contributed by atoms with Gasteiger partial charge in [-0.1, -0.05) is 50.3 Å². The zero-order valence-electron chi connectivity index (χ0n) is 17.6. The van der Waals surface area contributed by atoms with Crippen LogP contribution in [0.3, 0.4) is 0 Å². The van der Waals surface area contributed by atoms with Gasteiger partial charge < -0.3 is 9.47 Å². The quantitative estimate of drug-likeness (QED) is 0.518. The highest BCUT2D eigenvalue weighted by Crippen LogP contribution is 2.35. The zero-order valence-corrected chi connectivity index (χ0v) is 17.6. The van der Waals surface area contributed by atoms with E-state index in [9.17, 15) is 9.18 Å². The average Bonchev–Trinajstić information content (AvgIpc) is 3.12. The van der Waals surface area contributed by atoms with Gasteiger partial charge in [0.15, 0.2) is 0 Å². The fourth-order valence-corrected chi connectivity index (χ4v) is 4.43. The topological polar surface area (TPSA) is 38.1 Å². The minimum atomic E-state index is -0.436. The second-order valence-corrected chi connectivity index (χ2v) is 8.70. The Bertz CT molecular complexity index is 1060. The van der Waals surface area contributed by atoms with Gasteiger partial charge in [0.2, 0.25) is 5.91 Å². The number of carbonyl (C=O) groups is 1. The van der Waals surface area contributed by atoms with Gasteiger partial charge in [0, 0.05) is 30.1 Å². The van der Waals surface area contributed by atoms with Crippen LogP contribution in [0.4, 0.5) is 4.39 Å². The Hall–Kier alpha value is -2.95. The number of nitrogens with zero attached hydrogens (tertiary/aromatic N) is 3. The monoisotopic (exact) mass is 405 g/mol. The number of rotatable bonds is 5. The molecule has 156 valence electrons. The highest BCUT2D eigenvalue weighted by molar-refractivity contribution is 5.83. The molecule has 0 spiro atoms. The first-order valence-corrected chi connectivity index (χ1v) is 10.5. The lowest BCUT2D eigenvalue weighted by Crippen LogP contribution is -2.45. The maximum absolute atomic E-state index is 14.1. The fourth-order valence-electron chi connectivity index (χ4n) is 4.43. The molecule has 0 saturated carbocycles. The Balaban J connectivity index is 1.65. The van der Waals surface area contributed by atoms with Gasteiger partial charge in [-0.05, 0) is 37.5 Å². The third-order valence-electron chi connectivity index (χ3n) is 6.03. The van der Waals surface area contributed by atoms with E-state index < -0.39 is 5.41 Å². The van der Waals surface area contributed by atoms with E-state index >= 15 is 0 Å². The third-order valence-corrected chi connectivity index (χ3v) is 6.03. The number of imidazole rings is 1. The maximum atomic E-state index is 14.1.